The number of morpholine rings is 1. The molecule has 1 heterocycles. The average Bonchev–Trinajstić information content (AvgIpc) is 2.43. The fraction of sp³-hybridized carbons (Fsp3) is 0.583. The van der Waals surface area contributed by atoms with Crippen molar-refractivity contribution in [1.82, 2.24) is 4.90 Å². The van der Waals surface area contributed by atoms with Gasteiger partial charge in [0.1, 0.15) is 0 Å². The predicted octanol–water partition coefficient (Wildman–Crippen LogP) is -0.192. The number of carboxylic acid groups (broad SMARTS) is 1. The number of methoxy groups -OCH3 is 1. The van der Waals surface area contributed by atoms with Gasteiger partial charge in [-0.15, -0.1) is 0 Å². The summed E-state index contributed by atoms with van der Waals surface area (Å²) in [6.45, 7) is 3.36. The van der Waals surface area contributed by atoms with Gasteiger partial charge in [-0.25, -0.2) is 9.59 Å². The Kier molecular flexibility index (Phi) is 5.05. The number of carboxylic acids is 1. The van der Waals surface area contributed by atoms with Crippen LogP contribution >= 0.6 is 0 Å². The first-order chi connectivity index (χ1) is 8.90. The molecule has 1 unspecified atom stereocenters. The number of hydrogen-bond acceptors (Lipinski definition) is 5. The molecule has 1 saturated heterocycles. The van der Waals surface area contributed by atoms with Crippen LogP contribution in [0.5, 0.6) is 0 Å². The van der Waals surface area contributed by atoms with Crippen molar-refractivity contribution in [2.24, 2.45) is 0 Å². The molecule has 0 saturated carbocycles. The molecular formula is C12H17NO6. The fourth-order valence-electron chi connectivity index (χ4n) is 1.71. The van der Waals surface area contributed by atoms with E-state index in [1.165, 1.54) is 25.9 Å². The normalized spacial score (nSPS) is 20.6. The number of carbonyl (C=O) groups excluding carboxylic acids is 2. The van der Waals surface area contributed by atoms with Gasteiger partial charge in [-0.3, -0.25) is 4.79 Å². The quantitative estimate of drug-likeness (QED) is 0.565. The molecule has 0 spiro atoms. The first-order valence-electron chi connectivity index (χ1n) is 5.77. The third kappa shape index (κ3) is 3.31. The van der Waals surface area contributed by atoms with E-state index in [9.17, 15) is 14.4 Å². The number of aliphatic carboxylic acids is 1. The minimum atomic E-state index is -1.16. The second-order valence-electron chi connectivity index (χ2n) is 4.17. The molecule has 1 aliphatic heterocycles. The summed E-state index contributed by atoms with van der Waals surface area (Å²) >= 11 is 0. The molecule has 1 aliphatic rings. The molecule has 7 nitrogen and oxygen atoms in total. The molecule has 0 aliphatic carbocycles. The molecule has 1 amide bonds. The number of esters is 1. The summed E-state index contributed by atoms with van der Waals surface area (Å²) in [5.41, 5.74) is 0.0587. The highest BCUT2D eigenvalue weighted by molar-refractivity contribution is 6.02. The van der Waals surface area contributed by atoms with Crippen molar-refractivity contribution in [3.8, 4) is 0 Å². The van der Waals surface area contributed by atoms with Gasteiger partial charge in [-0.2, -0.15) is 0 Å². The summed E-state index contributed by atoms with van der Waals surface area (Å²) < 4.78 is 9.76. The van der Waals surface area contributed by atoms with Crippen molar-refractivity contribution in [3.05, 3.63) is 11.1 Å². The molecule has 106 valence electrons. The lowest BCUT2D eigenvalue weighted by Gasteiger charge is -2.34. The summed E-state index contributed by atoms with van der Waals surface area (Å²) in [6.07, 6.45) is 0. The maximum Gasteiger partial charge on any atom is 0.331 e. The van der Waals surface area contributed by atoms with Crippen molar-refractivity contribution in [1.29, 1.82) is 0 Å². The van der Waals surface area contributed by atoms with Crippen molar-refractivity contribution < 1.29 is 29.0 Å². The molecule has 7 heteroatoms. The molecular weight excluding hydrogens is 254 g/mol. The van der Waals surface area contributed by atoms with Gasteiger partial charge in [0, 0.05) is 17.7 Å². The molecule has 0 aromatic carbocycles. The van der Waals surface area contributed by atoms with Gasteiger partial charge in [0.25, 0.3) is 5.91 Å². The Morgan fingerprint density at radius 2 is 1.89 bits per heavy atom. The SMILES string of the molecule is COC(=O)C1COCCN1C(=O)C(C)=C(C)C(=O)O. The standard InChI is InChI=1S/C12H17NO6/c1-7(8(2)11(15)16)10(14)13-4-5-19-6-9(13)12(17)18-3/h9H,4-6H2,1-3H3,(H,15,16). The van der Waals surface area contributed by atoms with E-state index < -0.39 is 23.9 Å². The zero-order valence-electron chi connectivity index (χ0n) is 11.1. The lowest BCUT2D eigenvalue weighted by molar-refractivity contribution is -0.159. The monoisotopic (exact) mass is 271 g/mol. The van der Waals surface area contributed by atoms with E-state index in [4.69, 9.17) is 9.84 Å². The fourth-order valence-corrected chi connectivity index (χ4v) is 1.71. The Hall–Kier alpha value is -1.89. The summed E-state index contributed by atoms with van der Waals surface area (Å²) in [5.74, 6) is -2.22. The van der Waals surface area contributed by atoms with Crippen molar-refractivity contribution in [2.45, 2.75) is 19.9 Å². The Balaban J connectivity index is 2.98. The van der Waals surface area contributed by atoms with Crippen molar-refractivity contribution >= 4 is 17.8 Å². The molecule has 1 N–H and O–H groups in total. The van der Waals surface area contributed by atoms with Crippen LogP contribution in [0.3, 0.4) is 0 Å². The number of ether oxygens (including phenoxy) is 2. The number of nitrogens with zero attached hydrogens (tertiary/aromatic N) is 1. The Morgan fingerprint density at radius 1 is 1.26 bits per heavy atom. The molecule has 0 radical (unpaired) electrons. The first-order valence-corrected chi connectivity index (χ1v) is 5.77. The average molecular weight is 271 g/mol. The van der Waals surface area contributed by atoms with Crippen molar-refractivity contribution in [3.63, 3.8) is 0 Å². The van der Waals surface area contributed by atoms with Gasteiger partial charge in [0.05, 0.1) is 20.3 Å². The molecule has 0 aromatic heterocycles. The van der Waals surface area contributed by atoms with E-state index >= 15 is 0 Å². The van der Waals surface area contributed by atoms with Gasteiger partial charge in [-0.05, 0) is 13.8 Å². The largest absolute Gasteiger partial charge is 0.478 e. The third-order valence-corrected chi connectivity index (χ3v) is 3.07. The van der Waals surface area contributed by atoms with Crippen LogP contribution in [0.2, 0.25) is 0 Å². The maximum atomic E-state index is 12.2. The van der Waals surface area contributed by atoms with Gasteiger partial charge in [-0.1, -0.05) is 0 Å². The van der Waals surface area contributed by atoms with E-state index in [-0.39, 0.29) is 24.3 Å². The van der Waals surface area contributed by atoms with Crippen LogP contribution in [0, 0.1) is 0 Å². The summed E-state index contributed by atoms with van der Waals surface area (Å²) in [4.78, 5) is 35.9. The number of carbonyl (C=O) groups is 3. The highest BCUT2D eigenvalue weighted by Crippen LogP contribution is 2.15. The minimum Gasteiger partial charge on any atom is -0.478 e. The highest BCUT2D eigenvalue weighted by Gasteiger charge is 2.34. The molecule has 1 fully saturated rings. The third-order valence-electron chi connectivity index (χ3n) is 3.07. The van der Waals surface area contributed by atoms with E-state index in [2.05, 4.69) is 4.74 Å². The second kappa shape index (κ2) is 6.33. The molecule has 19 heavy (non-hydrogen) atoms. The zero-order valence-corrected chi connectivity index (χ0v) is 11.1. The van der Waals surface area contributed by atoms with Crippen LogP contribution in [0.1, 0.15) is 13.8 Å². The van der Waals surface area contributed by atoms with Crippen LogP contribution in [0.4, 0.5) is 0 Å². The topological polar surface area (TPSA) is 93.1 Å². The van der Waals surface area contributed by atoms with Crippen LogP contribution in [-0.4, -0.2) is 60.8 Å². The minimum absolute atomic E-state index is 0.0416. The zero-order chi connectivity index (χ0) is 14.6. The second-order valence-corrected chi connectivity index (χ2v) is 4.17. The van der Waals surface area contributed by atoms with Crippen LogP contribution in [0.15, 0.2) is 11.1 Å². The summed E-state index contributed by atoms with van der Waals surface area (Å²) in [5, 5.41) is 8.88. The number of rotatable bonds is 3. The Morgan fingerprint density at radius 3 is 2.42 bits per heavy atom. The summed E-state index contributed by atoms with van der Waals surface area (Å²) in [6, 6.07) is -0.831. The number of hydrogen-bond donors (Lipinski definition) is 1. The smallest absolute Gasteiger partial charge is 0.331 e. The molecule has 1 rings (SSSR count). The molecule has 0 bridgehead atoms. The van der Waals surface area contributed by atoms with Crippen molar-refractivity contribution in [2.75, 3.05) is 26.9 Å². The van der Waals surface area contributed by atoms with Gasteiger partial charge < -0.3 is 19.5 Å². The Labute approximate surface area is 110 Å². The maximum absolute atomic E-state index is 12.2. The van der Waals surface area contributed by atoms with Gasteiger partial charge in [0.2, 0.25) is 0 Å². The summed E-state index contributed by atoms with van der Waals surface area (Å²) in [7, 11) is 1.23. The van der Waals surface area contributed by atoms with Gasteiger partial charge in [0.15, 0.2) is 6.04 Å². The molecule has 1 atom stereocenters. The lowest BCUT2D eigenvalue weighted by atomic mass is 10.1. The van der Waals surface area contributed by atoms with Gasteiger partial charge >= 0.3 is 11.9 Å². The first kappa shape index (κ1) is 15.2. The van der Waals surface area contributed by atoms with E-state index in [0.717, 1.165) is 0 Å². The van der Waals surface area contributed by atoms with E-state index in [1.54, 1.807) is 0 Å². The lowest BCUT2D eigenvalue weighted by Crippen LogP contribution is -2.53. The van der Waals surface area contributed by atoms with Crippen LogP contribution < -0.4 is 0 Å². The Bertz CT molecular complexity index is 428. The number of amides is 1. The van der Waals surface area contributed by atoms with E-state index in [1.807, 2.05) is 0 Å². The van der Waals surface area contributed by atoms with E-state index in [0.29, 0.717) is 6.61 Å². The van der Waals surface area contributed by atoms with Crippen LogP contribution in [0.25, 0.3) is 0 Å². The van der Waals surface area contributed by atoms with Crippen LogP contribution in [-0.2, 0) is 23.9 Å². The predicted molar refractivity (Wildman–Crippen MR) is 64.3 cm³/mol. The molecule has 0 aromatic rings. The highest BCUT2D eigenvalue weighted by atomic mass is 16.5.